The molecule has 1 saturated carbocycles. The number of likely N-dealkylation sites (N-methyl/N-ethyl adjacent to an activating group) is 1. The van der Waals surface area contributed by atoms with Crippen molar-refractivity contribution >= 4 is 29.5 Å². The molecule has 4 bridgehead atoms. The molecule has 350 valence electrons. The van der Waals surface area contributed by atoms with E-state index in [-0.39, 0.29) is 39.3 Å². The fourth-order valence-corrected chi connectivity index (χ4v) is 8.06. The lowest BCUT2D eigenvalue weighted by atomic mass is 9.84. The van der Waals surface area contributed by atoms with Gasteiger partial charge in [0, 0.05) is 43.2 Å². The summed E-state index contributed by atoms with van der Waals surface area (Å²) in [5.74, 6) is -1.62. The Kier molecular flexibility index (Phi) is 19.0. The second kappa shape index (κ2) is 25.0. The van der Waals surface area contributed by atoms with Crippen molar-refractivity contribution in [3.05, 3.63) is 107 Å². The molecule has 0 radical (unpaired) electrons. The smallest absolute Gasteiger partial charge is 0.251 e. The van der Waals surface area contributed by atoms with Crippen molar-refractivity contribution in [1.29, 1.82) is 5.26 Å². The van der Waals surface area contributed by atoms with Crippen molar-refractivity contribution in [2.45, 2.75) is 76.4 Å². The third kappa shape index (κ3) is 13.4. The van der Waals surface area contributed by atoms with Gasteiger partial charge in [-0.25, -0.2) is 0 Å². The third-order valence-corrected chi connectivity index (χ3v) is 11.5. The van der Waals surface area contributed by atoms with E-state index in [2.05, 4.69) is 45.5 Å². The van der Waals surface area contributed by atoms with E-state index in [4.69, 9.17) is 31.9 Å². The van der Waals surface area contributed by atoms with Gasteiger partial charge in [0.15, 0.2) is 0 Å². The number of nitrogens with one attached hydrogen (secondary N) is 4. The van der Waals surface area contributed by atoms with Crippen LogP contribution in [0.1, 0.15) is 85.0 Å². The summed E-state index contributed by atoms with van der Waals surface area (Å²) in [4.78, 5) is 69.7. The lowest BCUT2D eigenvalue weighted by Crippen LogP contribution is -2.55. The highest BCUT2D eigenvalue weighted by atomic mass is 16.5. The Morgan fingerprint density at radius 3 is 1.95 bits per heavy atom. The molecule has 1 heterocycles. The highest BCUT2D eigenvalue weighted by Gasteiger charge is 2.33. The molecule has 16 nitrogen and oxygen atoms in total. The number of benzene rings is 4. The highest BCUT2D eigenvalue weighted by molar-refractivity contribution is 5.98. The van der Waals surface area contributed by atoms with Crippen LogP contribution in [0.5, 0.6) is 11.5 Å². The summed E-state index contributed by atoms with van der Waals surface area (Å²) in [7, 11) is 1.44. The molecule has 66 heavy (non-hydrogen) atoms. The number of amides is 5. The molecule has 10 N–H and O–H groups in total. The maximum Gasteiger partial charge on any atom is 0.251 e. The Morgan fingerprint density at radius 2 is 1.35 bits per heavy atom. The zero-order valence-corrected chi connectivity index (χ0v) is 38.1. The van der Waals surface area contributed by atoms with Gasteiger partial charge < -0.3 is 52.8 Å². The van der Waals surface area contributed by atoms with E-state index in [1.165, 1.54) is 56.5 Å². The standard InChI is InChI=1S/C48H56N8O7.C2H7N/c1-30-45(58)55-40(47(60)52-23-20-49)27-31-8-18-41(62-24-21-50)38(26-31)39-28-37(17-19-42(39)63-25-22-51)44(48(61)54-30)56(2)43(57)29-53-46(59)36-15-13-35(14-16-36)34-11-9-33(10-12-34)32-6-4-3-5-7-32;1-2-3/h8-19,26,28,30,32,40,44H,3-7,21-25,27,29,50-51H2,1-2H3,(H,52,60)(H,53,59)(H,54,61)(H,55,58);2-3H2,1H3/t30-,40?,44?;/m0./s1. The molecule has 3 atom stereocenters. The number of nitrogens with two attached hydrogens (primary N) is 3. The van der Waals surface area contributed by atoms with Crippen LogP contribution in [0.15, 0.2) is 84.9 Å². The Labute approximate surface area is 386 Å². The van der Waals surface area contributed by atoms with Crippen molar-refractivity contribution < 1.29 is 33.4 Å². The number of carbonyl (C=O) groups excluding carboxylic acids is 5. The first-order valence-electron chi connectivity index (χ1n) is 22.6. The lowest BCUT2D eigenvalue weighted by molar-refractivity contribution is -0.139. The van der Waals surface area contributed by atoms with E-state index in [1.54, 1.807) is 48.5 Å². The Hall–Kier alpha value is -6.80. The van der Waals surface area contributed by atoms with Gasteiger partial charge >= 0.3 is 0 Å². The number of nitrogens with zero attached hydrogens (tertiary/aromatic N) is 2. The van der Waals surface area contributed by atoms with Gasteiger partial charge in [0.25, 0.3) is 5.91 Å². The molecular weight excluding hydrogens is 839 g/mol. The van der Waals surface area contributed by atoms with E-state index in [0.29, 0.717) is 45.2 Å². The number of carbonyl (C=O) groups is 5. The molecule has 2 unspecified atom stereocenters. The molecule has 4 aromatic carbocycles. The highest BCUT2D eigenvalue weighted by Crippen LogP contribution is 2.40. The van der Waals surface area contributed by atoms with Crippen molar-refractivity contribution in [2.24, 2.45) is 17.2 Å². The SMILES string of the molecule is CCN.C[C@@H]1NC(=O)C(N(C)C(=O)CNC(=O)c2ccc(-c3ccc(C4CCCCC4)cc3)cc2)c2ccc(OCCN)c(c2)-c2cc(ccc2OCCN)CC(C(=O)NCC#N)NC1=O. The van der Waals surface area contributed by atoms with Gasteiger partial charge in [0.1, 0.15) is 49.4 Å². The average Bonchev–Trinajstić information content (AvgIpc) is 3.33. The maximum absolute atomic E-state index is 14.3. The van der Waals surface area contributed by atoms with Crippen molar-refractivity contribution in [2.75, 3.05) is 53.0 Å². The number of hydrogen-bond donors (Lipinski definition) is 7. The third-order valence-electron chi connectivity index (χ3n) is 11.5. The fourth-order valence-electron chi connectivity index (χ4n) is 8.06. The lowest BCUT2D eigenvalue weighted by Gasteiger charge is -2.30. The molecule has 6 rings (SSSR count). The predicted molar refractivity (Wildman–Crippen MR) is 253 cm³/mol. The summed E-state index contributed by atoms with van der Waals surface area (Å²) < 4.78 is 12.1. The molecular formula is C50H63N9O7. The first kappa shape index (κ1) is 50.2. The molecule has 0 saturated heterocycles. The normalized spacial score (nSPS) is 17.3. The molecule has 16 heteroatoms. The monoisotopic (exact) mass is 901 g/mol. The Morgan fingerprint density at radius 1 is 0.773 bits per heavy atom. The minimum Gasteiger partial charge on any atom is -0.492 e. The van der Waals surface area contributed by atoms with Crippen molar-refractivity contribution in [3.8, 4) is 39.8 Å². The predicted octanol–water partition coefficient (Wildman–Crippen LogP) is 3.82. The average molecular weight is 902 g/mol. The topological polar surface area (TPSA) is 257 Å². The largest absolute Gasteiger partial charge is 0.492 e. The molecule has 4 aromatic rings. The zero-order valence-electron chi connectivity index (χ0n) is 38.1. The van der Waals surface area contributed by atoms with Gasteiger partial charge in [-0.05, 0) is 96.4 Å². The van der Waals surface area contributed by atoms with Crippen LogP contribution >= 0.6 is 0 Å². The van der Waals surface area contributed by atoms with Gasteiger partial charge in [-0.2, -0.15) is 5.26 Å². The number of hydrogen-bond acceptors (Lipinski definition) is 11. The molecule has 0 spiro atoms. The summed E-state index contributed by atoms with van der Waals surface area (Å²) in [6.07, 6.45) is 6.32. The van der Waals surface area contributed by atoms with Crippen LogP contribution in [0.2, 0.25) is 0 Å². The summed E-state index contributed by atoms with van der Waals surface area (Å²) >= 11 is 0. The molecule has 1 aliphatic heterocycles. The van der Waals surface area contributed by atoms with Gasteiger partial charge in [0.05, 0.1) is 12.6 Å². The molecule has 1 aliphatic carbocycles. The minimum absolute atomic E-state index is 0.0242. The quantitative estimate of drug-likeness (QED) is 0.0896. The van der Waals surface area contributed by atoms with E-state index in [0.717, 1.165) is 17.7 Å². The second-order valence-electron chi connectivity index (χ2n) is 16.3. The van der Waals surface area contributed by atoms with Crippen LogP contribution < -0.4 is 47.9 Å². The van der Waals surface area contributed by atoms with E-state index in [1.807, 2.05) is 25.1 Å². The summed E-state index contributed by atoms with van der Waals surface area (Å²) in [6.45, 7) is 4.14. The summed E-state index contributed by atoms with van der Waals surface area (Å²) in [5, 5.41) is 19.7. The van der Waals surface area contributed by atoms with Crippen LogP contribution in [-0.4, -0.2) is 99.5 Å². The molecule has 5 amide bonds. The van der Waals surface area contributed by atoms with Crippen LogP contribution in [0.4, 0.5) is 0 Å². The molecule has 2 aliphatic rings. The number of fused-ring (bicyclic) bond motifs is 5. The molecule has 1 fully saturated rings. The first-order chi connectivity index (χ1) is 31.9. The number of ether oxygens (including phenoxy) is 2. The van der Waals surface area contributed by atoms with Gasteiger partial charge in [-0.3, -0.25) is 24.0 Å². The van der Waals surface area contributed by atoms with E-state index >= 15 is 0 Å². The van der Waals surface area contributed by atoms with Crippen LogP contribution in [0.3, 0.4) is 0 Å². The van der Waals surface area contributed by atoms with E-state index in [9.17, 15) is 24.0 Å². The van der Waals surface area contributed by atoms with Gasteiger partial charge in [-0.15, -0.1) is 0 Å². The van der Waals surface area contributed by atoms with Crippen molar-refractivity contribution in [1.82, 2.24) is 26.2 Å². The second-order valence-corrected chi connectivity index (χ2v) is 16.3. The van der Waals surface area contributed by atoms with Crippen LogP contribution in [0.25, 0.3) is 22.3 Å². The van der Waals surface area contributed by atoms with Crippen LogP contribution in [0, 0.1) is 11.3 Å². The summed E-state index contributed by atoms with van der Waals surface area (Å²) in [5.41, 5.74) is 22.2. The number of nitriles is 1. The minimum atomic E-state index is -1.31. The van der Waals surface area contributed by atoms with E-state index < -0.39 is 54.2 Å². The number of rotatable bonds is 14. The van der Waals surface area contributed by atoms with Gasteiger partial charge in [-0.1, -0.05) is 74.7 Å². The molecule has 0 aromatic heterocycles. The Bertz CT molecular complexity index is 2330. The fraction of sp³-hybridized carbons (Fsp3) is 0.400. The zero-order chi connectivity index (χ0) is 47.6. The Balaban J connectivity index is 0.00000265. The first-order valence-corrected chi connectivity index (χ1v) is 22.6. The van der Waals surface area contributed by atoms with Gasteiger partial charge in [0.2, 0.25) is 23.6 Å². The van der Waals surface area contributed by atoms with Crippen molar-refractivity contribution in [3.63, 3.8) is 0 Å². The maximum atomic E-state index is 14.3. The summed E-state index contributed by atoms with van der Waals surface area (Å²) in [6, 6.07) is 24.3. The van der Waals surface area contributed by atoms with Crippen LogP contribution in [-0.2, 0) is 25.6 Å².